The Morgan fingerprint density at radius 1 is 0.650 bits per heavy atom. The molecule has 6 nitrogen and oxygen atoms in total. The van der Waals surface area contributed by atoms with Gasteiger partial charge in [0.25, 0.3) is 10.1 Å². The second-order valence-corrected chi connectivity index (χ2v) is 13.3. The summed E-state index contributed by atoms with van der Waals surface area (Å²) in [6.45, 7) is 4.48. The Morgan fingerprint density at radius 3 is 1.43 bits per heavy atom. The highest BCUT2D eigenvalue weighted by atomic mass is 32.2. The van der Waals surface area contributed by atoms with Gasteiger partial charge in [0.05, 0.1) is 17.9 Å². The first-order valence-electron chi connectivity index (χ1n) is 16.9. The molecule has 0 spiro atoms. The monoisotopic (exact) mass is 587 g/mol. The van der Waals surface area contributed by atoms with E-state index >= 15 is 0 Å². The van der Waals surface area contributed by atoms with Gasteiger partial charge in [0.1, 0.15) is 0 Å². The molecule has 40 heavy (non-hydrogen) atoms. The average molecular weight is 588 g/mol. The molecule has 1 amide bonds. The second kappa shape index (κ2) is 28.2. The zero-order valence-corrected chi connectivity index (χ0v) is 27.0. The van der Waals surface area contributed by atoms with E-state index in [0.29, 0.717) is 6.42 Å². The highest BCUT2D eigenvalue weighted by molar-refractivity contribution is 7.85. The topological polar surface area (TPSA) is 104 Å². The van der Waals surface area contributed by atoms with Crippen molar-refractivity contribution in [2.45, 2.75) is 187 Å². The first-order valence-corrected chi connectivity index (χ1v) is 18.5. The molecule has 0 saturated heterocycles. The minimum absolute atomic E-state index is 0.279. The summed E-state index contributed by atoms with van der Waals surface area (Å²) in [5.41, 5.74) is 0. The molecule has 0 fully saturated rings. The number of allylic oxidation sites excluding steroid dienone is 1. The van der Waals surface area contributed by atoms with E-state index in [9.17, 15) is 22.9 Å². The summed E-state index contributed by atoms with van der Waals surface area (Å²) < 4.78 is 32.2. The van der Waals surface area contributed by atoms with Gasteiger partial charge in [0.15, 0.2) is 0 Å². The van der Waals surface area contributed by atoms with Crippen LogP contribution >= 0.6 is 0 Å². The summed E-state index contributed by atoms with van der Waals surface area (Å²) >= 11 is 0. The van der Waals surface area contributed by atoms with Gasteiger partial charge in [-0.15, -0.1) is 0 Å². The largest absolute Gasteiger partial charge is 0.387 e. The zero-order valence-electron chi connectivity index (χ0n) is 26.2. The summed E-state index contributed by atoms with van der Waals surface area (Å²) in [5, 5.41) is 13.1. The smallest absolute Gasteiger partial charge is 0.267 e. The first-order chi connectivity index (χ1) is 19.3. The molecule has 0 aromatic carbocycles. The molecule has 0 aliphatic rings. The zero-order chi connectivity index (χ0) is 29.7. The Labute approximate surface area is 248 Å². The molecule has 238 valence electrons. The molecular weight excluding hydrogens is 522 g/mol. The van der Waals surface area contributed by atoms with Crippen molar-refractivity contribution >= 4 is 16.0 Å². The Kier molecular flexibility index (Phi) is 27.6. The molecule has 0 heterocycles. The lowest BCUT2D eigenvalue weighted by Crippen LogP contribution is -2.46. The maximum Gasteiger partial charge on any atom is 0.267 e. The van der Waals surface area contributed by atoms with Crippen LogP contribution in [-0.4, -0.2) is 41.9 Å². The van der Waals surface area contributed by atoms with Gasteiger partial charge in [-0.1, -0.05) is 161 Å². The van der Waals surface area contributed by atoms with Gasteiger partial charge in [-0.25, -0.2) is 0 Å². The Bertz CT molecular complexity index is 695. The van der Waals surface area contributed by atoms with Crippen LogP contribution in [0, 0.1) is 0 Å². The molecule has 7 heteroatoms. The van der Waals surface area contributed by atoms with Crippen molar-refractivity contribution in [3.63, 3.8) is 0 Å². The highest BCUT2D eigenvalue weighted by Gasteiger charge is 2.24. The summed E-state index contributed by atoms with van der Waals surface area (Å²) in [5.74, 6) is -0.972. The van der Waals surface area contributed by atoms with Gasteiger partial charge >= 0.3 is 0 Å². The quantitative estimate of drug-likeness (QED) is 0.0442. The number of aliphatic hydroxyl groups excluding tert-OH is 1. The van der Waals surface area contributed by atoms with Crippen LogP contribution in [0.5, 0.6) is 0 Å². The molecule has 0 rings (SSSR count). The number of carbonyl (C=O) groups excluding carboxylic acids is 1. The molecule has 0 aromatic rings. The third kappa shape index (κ3) is 28.6. The number of unbranched alkanes of at least 4 members (excludes halogenated alkanes) is 22. The van der Waals surface area contributed by atoms with E-state index in [-0.39, 0.29) is 5.91 Å². The van der Waals surface area contributed by atoms with Gasteiger partial charge in [-0.2, -0.15) is 8.42 Å². The van der Waals surface area contributed by atoms with Crippen LogP contribution in [0.3, 0.4) is 0 Å². The summed E-state index contributed by atoms with van der Waals surface area (Å²) in [6, 6.07) is -1.05. The predicted molar refractivity (Wildman–Crippen MR) is 170 cm³/mol. The standard InChI is InChI=1S/C33H65NO5S/c1-3-5-7-9-11-13-15-17-18-20-22-24-26-28-32(35)31(30-40(37,38)39)34-33(36)29-27-25-23-21-19-16-14-12-10-8-6-4-2/h26,28,31-32,35H,3-25,27,29-30H2,1-2H3,(H,34,36)(H,37,38,39)/b28-26+. The minimum atomic E-state index is -4.33. The summed E-state index contributed by atoms with van der Waals surface area (Å²) in [7, 11) is -4.33. The van der Waals surface area contributed by atoms with Gasteiger partial charge in [-0.05, 0) is 19.3 Å². The van der Waals surface area contributed by atoms with E-state index in [1.807, 2.05) is 6.08 Å². The third-order valence-electron chi connectivity index (χ3n) is 7.71. The molecule has 0 aliphatic carbocycles. The molecule has 0 aliphatic heterocycles. The predicted octanol–water partition coefficient (Wildman–Crippen LogP) is 9.07. The molecule has 0 radical (unpaired) electrons. The molecule has 3 N–H and O–H groups in total. The fraction of sp³-hybridized carbons (Fsp3) is 0.909. The van der Waals surface area contributed by atoms with Crippen LogP contribution in [0.4, 0.5) is 0 Å². The van der Waals surface area contributed by atoms with Gasteiger partial charge < -0.3 is 10.4 Å². The molecule has 2 atom stereocenters. The second-order valence-electron chi connectivity index (χ2n) is 11.8. The number of carbonyl (C=O) groups is 1. The molecule has 0 bridgehead atoms. The van der Waals surface area contributed by atoms with Crippen molar-refractivity contribution in [1.82, 2.24) is 5.32 Å². The molecule has 2 unspecified atom stereocenters. The molecule has 0 aromatic heterocycles. The van der Waals surface area contributed by atoms with E-state index in [0.717, 1.165) is 38.5 Å². The van der Waals surface area contributed by atoms with Gasteiger partial charge in [0.2, 0.25) is 5.91 Å². The van der Waals surface area contributed by atoms with Crippen LogP contribution < -0.4 is 5.32 Å². The van der Waals surface area contributed by atoms with Crippen LogP contribution in [-0.2, 0) is 14.9 Å². The number of rotatable bonds is 30. The maximum absolute atomic E-state index is 12.4. The van der Waals surface area contributed by atoms with Crippen molar-refractivity contribution in [2.24, 2.45) is 0 Å². The summed E-state index contributed by atoms with van der Waals surface area (Å²) in [6.07, 6.45) is 31.9. The number of hydrogen-bond donors (Lipinski definition) is 3. The Balaban J connectivity index is 4.03. The van der Waals surface area contributed by atoms with E-state index in [1.165, 1.54) is 116 Å². The third-order valence-corrected chi connectivity index (χ3v) is 8.49. The highest BCUT2D eigenvalue weighted by Crippen LogP contribution is 2.14. The van der Waals surface area contributed by atoms with E-state index in [2.05, 4.69) is 19.2 Å². The van der Waals surface area contributed by atoms with Crippen molar-refractivity contribution in [2.75, 3.05) is 5.75 Å². The fourth-order valence-electron chi connectivity index (χ4n) is 5.15. The maximum atomic E-state index is 12.4. The first kappa shape index (κ1) is 39.1. The lowest BCUT2D eigenvalue weighted by atomic mass is 10.0. The van der Waals surface area contributed by atoms with Crippen LogP contribution in [0.15, 0.2) is 12.2 Å². The Morgan fingerprint density at radius 2 is 1.02 bits per heavy atom. The van der Waals surface area contributed by atoms with Crippen molar-refractivity contribution in [3.8, 4) is 0 Å². The number of hydrogen-bond acceptors (Lipinski definition) is 4. The molecular formula is C33H65NO5S. The SMILES string of the molecule is CCCCCCCCCCCCC/C=C/C(O)C(CS(=O)(=O)O)NC(=O)CCCCCCCCCCCCCC. The minimum Gasteiger partial charge on any atom is -0.387 e. The van der Waals surface area contributed by atoms with Crippen molar-refractivity contribution < 1.29 is 22.9 Å². The van der Waals surface area contributed by atoms with Gasteiger partial charge in [-0.3, -0.25) is 9.35 Å². The normalized spacial score (nSPS) is 13.6. The number of amides is 1. The van der Waals surface area contributed by atoms with Crippen molar-refractivity contribution in [1.29, 1.82) is 0 Å². The van der Waals surface area contributed by atoms with E-state index in [1.54, 1.807) is 6.08 Å². The lowest BCUT2D eigenvalue weighted by Gasteiger charge is -2.21. The molecule has 0 saturated carbocycles. The van der Waals surface area contributed by atoms with Crippen LogP contribution in [0.25, 0.3) is 0 Å². The summed E-state index contributed by atoms with van der Waals surface area (Å²) in [4.78, 5) is 12.4. The Hall–Kier alpha value is -0.920. The number of aliphatic hydroxyl groups is 1. The van der Waals surface area contributed by atoms with E-state index in [4.69, 9.17) is 0 Å². The van der Waals surface area contributed by atoms with Crippen LogP contribution in [0.2, 0.25) is 0 Å². The van der Waals surface area contributed by atoms with E-state index < -0.39 is 28.0 Å². The van der Waals surface area contributed by atoms with Crippen LogP contribution in [0.1, 0.15) is 174 Å². The van der Waals surface area contributed by atoms with Gasteiger partial charge in [0, 0.05) is 6.42 Å². The lowest BCUT2D eigenvalue weighted by molar-refractivity contribution is -0.122. The fourth-order valence-corrected chi connectivity index (χ4v) is 5.89. The van der Waals surface area contributed by atoms with Crippen molar-refractivity contribution in [3.05, 3.63) is 12.2 Å². The average Bonchev–Trinajstić information content (AvgIpc) is 2.90. The number of nitrogens with one attached hydrogen (secondary N) is 1.